The number of amides is 1. The van der Waals surface area contributed by atoms with E-state index in [0.717, 1.165) is 36.5 Å². The monoisotopic (exact) mass is 365 g/mol. The third kappa shape index (κ3) is 4.13. The topological polar surface area (TPSA) is 59.2 Å². The van der Waals surface area contributed by atoms with Gasteiger partial charge in [-0.3, -0.25) is 4.79 Å². The number of thiazole rings is 1. The van der Waals surface area contributed by atoms with Crippen LogP contribution in [0, 0.1) is 6.92 Å². The van der Waals surface area contributed by atoms with E-state index in [4.69, 9.17) is 5.73 Å². The maximum atomic E-state index is 12.6. The first-order valence-corrected chi connectivity index (χ1v) is 8.49. The van der Waals surface area contributed by atoms with E-state index < -0.39 is 0 Å². The van der Waals surface area contributed by atoms with Gasteiger partial charge >= 0.3 is 0 Å². The lowest BCUT2D eigenvalue weighted by Gasteiger charge is -2.29. The van der Waals surface area contributed by atoms with Gasteiger partial charge in [-0.2, -0.15) is 0 Å². The molecule has 1 saturated heterocycles. The summed E-state index contributed by atoms with van der Waals surface area (Å²) in [6, 6.07) is 0.260. The first kappa shape index (κ1) is 19.7. The molecule has 1 amide bonds. The maximum Gasteiger partial charge on any atom is 0.265 e. The number of nitrogens with zero attached hydrogens (tertiary/aromatic N) is 2. The minimum atomic E-state index is 0. The van der Waals surface area contributed by atoms with Gasteiger partial charge in [0.2, 0.25) is 0 Å². The molecule has 2 aliphatic rings. The molecule has 2 heterocycles. The Labute approximate surface area is 148 Å². The molecular weight excluding hydrogens is 341 g/mol. The van der Waals surface area contributed by atoms with Crippen molar-refractivity contribution in [1.82, 2.24) is 9.88 Å². The van der Waals surface area contributed by atoms with Gasteiger partial charge in [0.15, 0.2) is 0 Å². The van der Waals surface area contributed by atoms with Crippen molar-refractivity contribution in [3.8, 4) is 0 Å². The van der Waals surface area contributed by atoms with Gasteiger partial charge in [-0.1, -0.05) is 12.8 Å². The van der Waals surface area contributed by atoms with E-state index in [9.17, 15) is 4.79 Å². The Hall–Kier alpha value is -0.360. The molecule has 7 heteroatoms. The van der Waals surface area contributed by atoms with Gasteiger partial charge in [-0.25, -0.2) is 4.98 Å². The molecule has 0 unspecified atom stereocenters. The summed E-state index contributed by atoms with van der Waals surface area (Å²) < 4.78 is 0. The molecule has 2 N–H and O–H groups in total. The zero-order chi connectivity index (χ0) is 14.1. The Kier molecular flexibility index (Phi) is 7.59. The van der Waals surface area contributed by atoms with Crippen molar-refractivity contribution in [3.05, 3.63) is 15.6 Å². The third-order valence-electron chi connectivity index (χ3n) is 4.54. The second kappa shape index (κ2) is 8.48. The fraction of sp³-hybridized carbons (Fsp3) is 0.733. The fourth-order valence-electron chi connectivity index (χ4n) is 3.21. The van der Waals surface area contributed by atoms with Crippen LogP contribution in [0.5, 0.6) is 0 Å². The Bertz CT molecular complexity index is 495. The van der Waals surface area contributed by atoms with Crippen LogP contribution in [0.25, 0.3) is 0 Å². The number of aryl methyl sites for hydroxylation is 1. The number of hydrogen-bond donors (Lipinski definition) is 1. The van der Waals surface area contributed by atoms with Crippen molar-refractivity contribution < 1.29 is 4.79 Å². The summed E-state index contributed by atoms with van der Waals surface area (Å²) in [5.74, 6) is 0.756. The molecular formula is C15H25Cl2N3OS. The number of carbonyl (C=O) groups excluding carboxylic acids is 1. The number of aromatic nitrogens is 1. The zero-order valence-corrected chi connectivity index (χ0v) is 15.4. The molecule has 1 aromatic rings. The van der Waals surface area contributed by atoms with Crippen LogP contribution in [0.3, 0.4) is 0 Å². The van der Waals surface area contributed by atoms with Gasteiger partial charge in [0.1, 0.15) is 4.88 Å². The first-order chi connectivity index (χ1) is 9.65. The molecule has 1 aromatic heterocycles. The quantitative estimate of drug-likeness (QED) is 0.871. The number of hydrogen-bond acceptors (Lipinski definition) is 4. The summed E-state index contributed by atoms with van der Waals surface area (Å²) in [5, 5.41) is 1.18. The number of likely N-dealkylation sites (tertiary alicyclic amines) is 1. The van der Waals surface area contributed by atoms with Gasteiger partial charge in [-0.05, 0) is 32.6 Å². The zero-order valence-electron chi connectivity index (χ0n) is 12.9. The smallest absolute Gasteiger partial charge is 0.265 e. The van der Waals surface area contributed by atoms with Crippen molar-refractivity contribution in [3.63, 3.8) is 0 Å². The number of rotatable bonds is 2. The summed E-state index contributed by atoms with van der Waals surface area (Å²) in [4.78, 5) is 20.1. The lowest BCUT2D eigenvalue weighted by atomic mass is 10.1. The minimum absolute atomic E-state index is 0. The molecule has 22 heavy (non-hydrogen) atoms. The third-order valence-corrected chi connectivity index (χ3v) is 5.85. The van der Waals surface area contributed by atoms with Gasteiger partial charge in [0.05, 0.1) is 10.7 Å². The van der Waals surface area contributed by atoms with Gasteiger partial charge in [0, 0.05) is 25.0 Å². The van der Waals surface area contributed by atoms with Crippen LogP contribution in [-0.2, 0) is 0 Å². The van der Waals surface area contributed by atoms with Gasteiger partial charge in [-0.15, -0.1) is 36.2 Å². The Morgan fingerprint density at radius 3 is 2.36 bits per heavy atom. The molecule has 3 rings (SSSR count). The molecule has 1 saturated carbocycles. The molecule has 0 bridgehead atoms. The number of nitrogens with two attached hydrogens (primary N) is 1. The first-order valence-electron chi connectivity index (χ1n) is 7.67. The Morgan fingerprint density at radius 2 is 1.77 bits per heavy atom. The van der Waals surface area contributed by atoms with Crippen LogP contribution in [-0.4, -0.2) is 34.9 Å². The summed E-state index contributed by atoms with van der Waals surface area (Å²) in [5.41, 5.74) is 6.82. The van der Waals surface area contributed by atoms with Gasteiger partial charge < -0.3 is 10.6 Å². The Morgan fingerprint density at radius 1 is 1.18 bits per heavy atom. The van der Waals surface area contributed by atoms with Crippen LogP contribution < -0.4 is 5.73 Å². The second-order valence-electron chi connectivity index (χ2n) is 6.08. The average Bonchev–Trinajstić information content (AvgIpc) is 3.08. The van der Waals surface area contributed by atoms with Crippen LogP contribution >= 0.6 is 36.2 Å². The minimum Gasteiger partial charge on any atom is -0.338 e. The lowest BCUT2D eigenvalue weighted by molar-refractivity contribution is 0.0718. The summed E-state index contributed by atoms with van der Waals surface area (Å²) >= 11 is 1.63. The molecule has 0 atom stereocenters. The fourth-order valence-corrected chi connectivity index (χ4v) is 4.41. The van der Waals surface area contributed by atoms with E-state index in [1.807, 2.05) is 11.8 Å². The van der Waals surface area contributed by atoms with Crippen molar-refractivity contribution in [1.29, 1.82) is 0 Å². The van der Waals surface area contributed by atoms with Crippen molar-refractivity contribution in [2.75, 3.05) is 13.1 Å². The molecule has 0 aromatic carbocycles. The van der Waals surface area contributed by atoms with E-state index in [2.05, 4.69) is 4.98 Å². The average molecular weight is 366 g/mol. The number of carbonyl (C=O) groups is 1. The van der Waals surface area contributed by atoms with E-state index in [0.29, 0.717) is 5.92 Å². The van der Waals surface area contributed by atoms with Crippen LogP contribution in [0.2, 0.25) is 0 Å². The molecule has 1 aliphatic carbocycles. The molecule has 0 spiro atoms. The van der Waals surface area contributed by atoms with Gasteiger partial charge in [0.25, 0.3) is 5.91 Å². The number of piperidine rings is 1. The van der Waals surface area contributed by atoms with Crippen LogP contribution in [0.4, 0.5) is 0 Å². The molecule has 0 radical (unpaired) electrons. The van der Waals surface area contributed by atoms with E-state index >= 15 is 0 Å². The van der Waals surface area contributed by atoms with Crippen molar-refractivity contribution in [2.24, 2.45) is 5.73 Å². The number of halogens is 2. The highest BCUT2D eigenvalue weighted by atomic mass is 35.5. The summed E-state index contributed by atoms with van der Waals surface area (Å²) in [6.07, 6.45) is 6.91. The largest absolute Gasteiger partial charge is 0.338 e. The van der Waals surface area contributed by atoms with E-state index in [-0.39, 0.29) is 36.8 Å². The maximum absolute atomic E-state index is 12.6. The summed E-state index contributed by atoms with van der Waals surface area (Å²) in [7, 11) is 0. The lowest BCUT2D eigenvalue weighted by Crippen LogP contribution is -2.42. The highest BCUT2D eigenvalue weighted by Gasteiger charge is 2.27. The van der Waals surface area contributed by atoms with E-state index in [1.54, 1.807) is 11.3 Å². The van der Waals surface area contributed by atoms with Crippen LogP contribution in [0.15, 0.2) is 0 Å². The molecule has 2 fully saturated rings. The Balaban J connectivity index is 0.00000121. The summed E-state index contributed by atoms with van der Waals surface area (Å²) in [6.45, 7) is 3.55. The van der Waals surface area contributed by atoms with Crippen LogP contribution in [0.1, 0.15) is 64.8 Å². The predicted molar refractivity (Wildman–Crippen MR) is 95.7 cm³/mol. The standard InChI is InChI=1S/C15H23N3OS.2ClH/c1-10-13(15(19)18-8-6-12(16)7-9-18)20-14(17-10)11-4-2-3-5-11;;/h11-12H,2-9,16H2,1H3;2*1H. The SMILES string of the molecule is Cc1nc(C2CCCC2)sc1C(=O)N1CCC(N)CC1.Cl.Cl. The highest BCUT2D eigenvalue weighted by Crippen LogP contribution is 2.37. The molecule has 126 valence electrons. The van der Waals surface area contributed by atoms with Crippen molar-refractivity contribution >= 4 is 42.1 Å². The molecule has 1 aliphatic heterocycles. The van der Waals surface area contributed by atoms with E-state index in [1.165, 1.54) is 30.7 Å². The highest BCUT2D eigenvalue weighted by molar-refractivity contribution is 7.13. The van der Waals surface area contributed by atoms with Crippen molar-refractivity contribution in [2.45, 2.75) is 57.4 Å². The normalized spacial score (nSPS) is 19.6. The second-order valence-corrected chi connectivity index (χ2v) is 7.11. The molecule has 4 nitrogen and oxygen atoms in total. The predicted octanol–water partition coefficient (Wildman–Crippen LogP) is 3.52.